The van der Waals surface area contributed by atoms with Crippen molar-refractivity contribution in [2.75, 3.05) is 0 Å². The van der Waals surface area contributed by atoms with Gasteiger partial charge in [0.2, 0.25) is 0 Å². The van der Waals surface area contributed by atoms with Crippen molar-refractivity contribution >= 4 is 12.6 Å². The molecule has 0 saturated carbocycles. The maximum absolute atomic E-state index is 13.4. The van der Waals surface area contributed by atoms with Gasteiger partial charge in [0.25, 0.3) is 0 Å². The van der Waals surface area contributed by atoms with Gasteiger partial charge in [-0.05, 0) is 24.3 Å². The third-order valence-corrected chi connectivity index (χ3v) is 2.61. The zero-order chi connectivity index (χ0) is 12.7. The first-order chi connectivity index (χ1) is 8.65. The molecule has 2 aromatic carbocycles. The Hall–Kier alpha value is -2.11. The summed E-state index contributed by atoms with van der Waals surface area (Å²) in [5.74, 6) is -2.33. The fourth-order valence-corrected chi connectivity index (χ4v) is 1.73. The van der Waals surface area contributed by atoms with E-state index in [-0.39, 0.29) is 11.5 Å². The van der Waals surface area contributed by atoms with Crippen LogP contribution in [0.2, 0.25) is 0 Å². The number of halogens is 3. The Labute approximate surface area is 101 Å². The average Bonchev–Trinajstić information content (AvgIpc) is 2.81. The van der Waals surface area contributed by atoms with Crippen LogP contribution in [0.1, 0.15) is 0 Å². The van der Waals surface area contributed by atoms with Gasteiger partial charge in [0.05, 0.1) is 0 Å². The van der Waals surface area contributed by atoms with Gasteiger partial charge in [0.1, 0.15) is 5.82 Å². The molecule has 0 aromatic heterocycles. The SMILES string of the molecule is Fc1ccc(B2Oc3c(F)ccc(F)c3O2)cc1. The molecule has 18 heavy (non-hydrogen) atoms. The van der Waals surface area contributed by atoms with Crippen LogP contribution in [-0.2, 0) is 0 Å². The van der Waals surface area contributed by atoms with Gasteiger partial charge in [0.15, 0.2) is 23.1 Å². The lowest BCUT2D eigenvalue weighted by Gasteiger charge is -2.04. The van der Waals surface area contributed by atoms with Crippen molar-refractivity contribution in [1.29, 1.82) is 0 Å². The smallest absolute Gasteiger partial charge is 0.517 e. The molecule has 0 spiro atoms. The summed E-state index contributed by atoms with van der Waals surface area (Å²) in [6.45, 7) is 0. The fraction of sp³-hybridized carbons (Fsp3) is 0. The van der Waals surface area contributed by atoms with Gasteiger partial charge < -0.3 is 9.31 Å². The topological polar surface area (TPSA) is 18.5 Å². The molecule has 1 aliphatic heterocycles. The Bertz CT molecular complexity index is 570. The Kier molecular flexibility index (Phi) is 2.43. The van der Waals surface area contributed by atoms with Crippen LogP contribution < -0.4 is 14.8 Å². The largest absolute Gasteiger partial charge is 0.632 e. The van der Waals surface area contributed by atoms with Crippen LogP contribution in [-0.4, -0.2) is 7.12 Å². The third-order valence-electron chi connectivity index (χ3n) is 2.61. The number of hydrogen-bond donors (Lipinski definition) is 0. The van der Waals surface area contributed by atoms with Crippen LogP contribution in [0.15, 0.2) is 36.4 Å². The summed E-state index contributed by atoms with van der Waals surface area (Å²) >= 11 is 0. The van der Waals surface area contributed by atoms with Crippen molar-refractivity contribution in [3.05, 3.63) is 53.8 Å². The number of rotatable bonds is 1. The van der Waals surface area contributed by atoms with Crippen molar-refractivity contribution in [2.45, 2.75) is 0 Å². The van der Waals surface area contributed by atoms with Crippen molar-refractivity contribution in [3.63, 3.8) is 0 Å². The fourth-order valence-electron chi connectivity index (χ4n) is 1.73. The first-order valence-corrected chi connectivity index (χ1v) is 5.22. The van der Waals surface area contributed by atoms with Crippen molar-refractivity contribution in [2.24, 2.45) is 0 Å². The van der Waals surface area contributed by atoms with Crippen LogP contribution in [0.4, 0.5) is 13.2 Å². The molecule has 1 heterocycles. The van der Waals surface area contributed by atoms with E-state index in [2.05, 4.69) is 0 Å². The number of hydrogen-bond acceptors (Lipinski definition) is 2. The molecule has 0 N–H and O–H groups in total. The standard InChI is InChI=1S/C12H6BF3O2/c14-8-3-1-7(2-4-8)13-17-11-9(15)5-6-10(16)12(11)18-13/h1-6H. The summed E-state index contributed by atoms with van der Waals surface area (Å²) in [5, 5.41) is 0. The average molecular weight is 250 g/mol. The summed E-state index contributed by atoms with van der Waals surface area (Å²) in [6.07, 6.45) is 0. The molecule has 6 heteroatoms. The molecule has 2 aromatic rings. The molecular formula is C12H6BF3O2. The quantitative estimate of drug-likeness (QED) is 0.723. The molecular weight excluding hydrogens is 244 g/mol. The third kappa shape index (κ3) is 1.70. The van der Waals surface area contributed by atoms with Gasteiger partial charge in [-0.1, -0.05) is 12.1 Å². The van der Waals surface area contributed by atoms with Crippen LogP contribution >= 0.6 is 0 Å². The highest BCUT2D eigenvalue weighted by molar-refractivity contribution is 6.63. The summed E-state index contributed by atoms with van der Waals surface area (Å²) in [4.78, 5) is 0. The van der Waals surface area contributed by atoms with Gasteiger partial charge in [0, 0.05) is 5.46 Å². The predicted octanol–water partition coefficient (Wildman–Crippen LogP) is 2.27. The van der Waals surface area contributed by atoms with E-state index in [4.69, 9.17) is 9.31 Å². The molecule has 1 aliphatic rings. The summed E-state index contributed by atoms with van der Waals surface area (Å²) in [6, 6.07) is 7.23. The van der Waals surface area contributed by atoms with Gasteiger partial charge in [-0.15, -0.1) is 0 Å². The molecule has 2 nitrogen and oxygen atoms in total. The predicted molar refractivity (Wildman–Crippen MR) is 59.4 cm³/mol. The van der Waals surface area contributed by atoms with E-state index in [1.165, 1.54) is 24.3 Å². The summed E-state index contributed by atoms with van der Waals surface area (Å²) in [7, 11) is -0.966. The minimum Gasteiger partial charge on any atom is -0.517 e. The highest BCUT2D eigenvalue weighted by Crippen LogP contribution is 2.38. The van der Waals surface area contributed by atoms with E-state index in [0.717, 1.165) is 12.1 Å². The normalized spacial score (nSPS) is 12.9. The van der Waals surface area contributed by atoms with E-state index < -0.39 is 24.6 Å². The van der Waals surface area contributed by atoms with Crippen LogP contribution in [0, 0.1) is 17.5 Å². The monoisotopic (exact) mass is 250 g/mol. The van der Waals surface area contributed by atoms with Gasteiger partial charge in [-0.3, -0.25) is 0 Å². The van der Waals surface area contributed by atoms with Crippen LogP contribution in [0.25, 0.3) is 0 Å². The van der Waals surface area contributed by atoms with Crippen molar-refractivity contribution in [3.8, 4) is 11.5 Å². The second-order valence-corrected chi connectivity index (χ2v) is 3.81. The van der Waals surface area contributed by atoms with E-state index in [1.54, 1.807) is 0 Å². The molecule has 0 saturated heterocycles. The Balaban J connectivity index is 1.95. The van der Waals surface area contributed by atoms with Crippen LogP contribution in [0.5, 0.6) is 11.5 Å². The van der Waals surface area contributed by atoms with E-state index in [1.807, 2.05) is 0 Å². The Morgan fingerprint density at radius 3 is 1.72 bits per heavy atom. The van der Waals surface area contributed by atoms with Gasteiger partial charge >= 0.3 is 7.12 Å². The zero-order valence-corrected chi connectivity index (χ0v) is 8.99. The van der Waals surface area contributed by atoms with Gasteiger partial charge in [-0.2, -0.15) is 0 Å². The zero-order valence-electron chi connectivity index (χ0n) is 8.99. The molecule has 0 amide bonds. The second-order valence-electron chi connectivity index (χ2n) is 3.81. The minimum absolute atomic E-state index is 0.260. The van der Waals surface area contributed by atoms with Gasteiger partial charge in [-0.25, -0.2) is 13.2 Å². The lowest BCUT2D eigenvalue weighted by atomic mass is 9.79. The first-order valence-electron chi connectivity index (χ1n) is 5.22. The molecule has 0 bridgehead atoms. The molecule has 0 unspecified atom stereocenters. The Morgan fingerprint density at radius 1 is 0.722 bits per heavy atom. The lowest BCUT2D eigenvalue weighted by Crippen LogP contribution is -2.39. The first kappa shape index (κ1) is 11.0. The molecule has 90 valence electrons. The minimum atomic E-state index is -0.966. The maximum atomic E-state index is 13.4. The van der Waals surface area contributed by atoms with E-state index >= 15 is 0 Å². The van der Waals surface area contributed by atoms with Crippen molar-refractivity contribution < 1.29 is 22.5 Å². The molecule has 0 atom stereocenters. The van der Waals surface area contributed by atoms with Crippen LogP contribution in [0.3, 0.4) is 0 Å². The summed E-state index contributed by atoms with van der Waals surface area (Å²) < 4.78 is 49.9. The lowest BCUT2D eigenvalue weighted by molar-refractivity contribution is 0.490. The van der Waals surface area contributed by atoms with E-state index in [9.17, 15) is 13.2 Å². The highest BCUT2D eigenvalue weighted by Gasteiger charge is 2.37. The molecule has 0 aliphatic carbocycles. The molecule has 0 radical (unpaired) electrons. The number of benzene rings is 2. The summed E-state index contributed by atoms with van der Waals surface area (Å²) in [5.41, 5.74) is 0.478. The Morgan fingerprint density at radius 2 is 1.22 bits per heavy atom. The number of fused-ring (bicyclic) bond motifs is 1. The second kappa shape index (κ2) is 3.98. The molecule has 3 rings (SSSR count). The van der Waals surface area contributed by atoms with E-state index in [0.29, 0.717) is 5.46 Å². The van der Waals surface area contributed by atoms with Crippen molar-refractivity contribution in [1.82, 2.24) is 0 Å². The highest BCUT2D eigenvalue weighted by atomic mass is 19.1. The molecule has 0 fully saturated rings. The maximum Gasteiger partial charge on any atom is 0.632 e.